The third-order valence-electron chi connectivity index (χ3n) is 6.03. The molecule has 2 N–H and O–H groups in total. The molecule has 0 aromatic heterocycles. The van der Waals surface area contributed by atoms with Crippen LogP contribution in [-0.4, -0.2) is 37.3 Å². The molecule has 39 heavy (non-hydrogen) atoms. The van der Waals surface area contributed by atoms with Crippen LogP contribution in [0.15, 0.2) is 39.3 Å². The summed E-state index contributed by atoms with van der Waals surface area (Å²) < 4.78 is 11.3. The molecule has 0 fully saturated rings. The van der Waals surface area contributed by atoms with Crippen molar-refractivity contribution < 1.29 is 23.9 Å². The van der Waals surface area contributed by atoms with Gasteiger partial charge < -0.3 is 20.1 Å². The number of halogens is 3. The molecular formula is C27H26BrCl2N3O5S. The molecule has 0 saturated heterocycles. The van der Waals surface area contributed by atoms with Crippen LogP contribution in [0.4, 0.5) is 5.69 Å². The van der Waals surface area contributed by atoms with Crippen molar-refractivity contribution in [3.63, 3.8) is 0 Å². The quantitative estimate of drug-likeness (QED) is 0.247. The van der Waals surface area contributed by atoms with Crippen molar-refractivity contribution in [2.24, 2.45) is 5.92 Å². The lowest BCUT2D eigenvalue weighted by Crippen LogP contribution is -2.44. The molecule has 2 atom stereocenters. The van der Waals surface area contributed by atoms with E-state index in [9.17, 15) is 19.6 Å². The number of methoxy groups -OCH3 is 1. The Balaban J connectivity index is 1.98. The van der Waals surface area contributed by atoms with Crippen LogP contribution in [0.3, 0.4) is 0 Å². The number of thioether (sulfide) groups is 1. The highest BCUT2D eigenvalue weighted by molar-refractivity contribution is 9.10. The number of rotatable bonds is 9. The van der Waals surface area contributed by atoms with Gasteiger partial charge in [0.05, 0.1) is 46.2 Å². The standard InChI is InChI=1S/C27H26BrCl2N3O5S/c1-5-14-8-16(28)7-13(3)23(14)32-20(34)12-39-26-17(11-31)21(22(25(35)33-26)27(36)37-4)15-9-18(29)24(38-6-2)19(30)10-15/h7-10,21-22H,5-6,12H2,1-4H3,(H,32,34)(H,33,35)/t21-,22-/m1/s1. The van der Waals surface area contributed by atoms with Crippen molar-refractivity contribution >= 4 is 74.4 Å². The van der Waals surface area contributed by atoms with Gasteiger partial charge in [0.25, 0.3) is 0 Å². The summed E-state index contributed by atoms with van der Waals surface area (Å²) in [4.78, 5) is 38.7. The van der Waals surface area contributed by atoms with Crippen LogP contribution in [0.1, 0.15) is 36.5 Å². The van der Waals surface area contributed by atoms with Crippen LogP contribution in [0.5, 0.6) is 5.75 Å². The molecular weight excluding hydrogens is 629 g/mol. The Morgan fingerprint density at radius 3 is 2.44 bits per heavy atom. The molecule has 1 heterocycles. The summed E-state index contributed by atoms with van der Waals surface area (Å²) in [6, 6.07) is 8.96. The number of anilines is 1. The number of benzene rings is 2. The normalized spacial score (nSPS) is 16.8. The van der Waals surface area contributed by atoms with Gasteiger partial charge >= 0.3 is 5.97 Å². The molecule has 2 aromatic rings. The van der Waals surface area contributed by atoms with Crippen LogP contribution < -0.4 is 15.4 Å². The molecule has 0 radical (unpaired) electrons. The first-order valence-corrected chi connectivity index (χ1v) is 14.5. The van der Waals surface area contributed by atoms with E-state index in [0.29, 0.717) is 18.6 Å². The molecule has 0 unspecified atom stereocenters. The molecule has 0 bridgehead atoms. The summed E-state index contributed by atoms with van der Waals surface area (Å²) in [6.45, 7) is 5.98. The van der Waals surface area contributed by atoms with Crippen molar-refractivity contribution in [2.45, 2.75) is 33.1 Å². The molecule has 0 saturated carbocycles. The van der Waals surface area contributed by atoms with E-state index in [1.54, 1.807) is 6.92 Å². The fourth-order valence-electron chi connectivity index (χ4n) is 4.30. The Bertz CT molecular complexity index is 1370. The lowest BCUT2D eigenvalue weighted by molar-refractivity contribution is -0.150. The molecule has 0 spiro atoms. The molecule has 3 rings (SSSR count). The van der Waals surface area contributed by atoms with E-state index >= 15 is 0 Å². The third kappa shape index (κ3) is 6.90. The second-order valence-electron chi connectivity index (χ2n) is 8.52. The first-order chi connectivity index (χ1) is 18.6. The van der Waals surface area contributed by atoms with Crippen molar-refractivity contribution in [3.05, 3.63) is 66.1 Å². The molecule has 12 heteroatoms. The number of carbonyl (C=O) groups is 3. The predicted octanol–water partition coefficient (Wildman–Crippen LogP) is 6.14. The van der Waals surface area contributed by atoms with Crippen LogP contribution in [0, 0.1) is 24.2 Å². The van der Waals surface area contributed by atoms with Gasteiger partial charge in [-0.05, 0) is 61.2 Å². The summed E-state index contributed by atoms with van der Waals surface area (Å²) >= 11 is 17.3. The maximum atomic E-state index is 13.1. The monoisotopic (exact) mass is 653 g/mol. The molecule has 2 amide bonds. The average Bonchev–Trinajstić information content (AvgIpc) is 2.89. The van der Waals surface area contributed by atoms with E-state index in [0.717, 1.165) is 40.2 Å². The van der Waals surface area contributed by atoms with Crippen molar-refractivity contribution in [3.8, 4) is 11.8 Å². The van der Waals surface area contributed by atoms with Gasteiger partial charge in [-0.15, -0.1) is 0 Å². The van der Waals surface area contributed by atoms with E-state index in [-0.39, 0.29) is 38.1 Å². The van der Waals surface area contributed by atoms with Gasteiger partial charge in [0.2, 0.25) is 11.8 Å². The SMILES string of the molecule is CCOc1c(Cl)cc([C@@H]2C(C#N)=C(SCC(=O)Nc3c(C)cc(Br)cc3CC)NC(=O)[C@@H]2C(=O)OC)cc1Cl. The second kappa shape index (κ2) is 13.6. The van der Waals surface area contributed by atoms with Crippen LogP contribution in [-0.2, 0) is 25.5 Å². The number of carbonyl (C=O) groups excluding carboxylic acids is 3. The third-order valence-corrected chi connectivity index (χ3v) is 8.06. The number of amides is 2. The Morgan fingerprint density at radius 1 is 1.21 bits per heavy atom. The summed E-state index contributed by atoms with van der Waals surface area (Å²) in [7, 11) is 1.16. The van der Waals surface area contributed by atoms with E-state index in [1.807, 2.05) is 26.0 Å². The molecule has 206 valence electrons. The Kier molecular flexibility index (Phi) is 10.7. The highest BCUT2D eigenvalue weighted by atomic mass is 79.9. The highest BCUT2D eigenvalue weighted by Gasteiger charge is 2.44. The molecule has 1 aliphatic heterocycles. The van der Waals surface area contributed by atoms with Crippen molar-refractivity contribution in [1.82, 2.24) is 5.32 Å². The summed E-state index contributed by atoms with van der Waals surface area (Å²) in [5.41, 5.74) is 3.01. The second-order valence-corrected chi connectivity index (χ2v) is 11.2. The number of esters is 1. The first-order valence-electron chi connectivity index (χ1n) is 11.9. The predicted molar refractivity (Wildman–Crippen MR) is 156 cm³/mol. The lowest BCUT2D eigenvalue weighted by Gasteiger charge is -2.31. The number of nitriles is 1. The van der Waals surface area contributed by atoms with Crippen LogP contribution >= 0.6 is 50.9 Å². The van der Waals surface area contributed by atoms with E-state index in [2.05, 4.69) is 32.6 Å². The van der Waals surface area contributed by atoms with Crippen LogP contribution in [0.25, 0.3) is 0 Å². The molecule has 1 aliphatic rings. The summed E-state index contributed by atoms with van der Waals surface area (Å²) in [5.74, 6) is -4.09. The first kappa shape index (κ1) is 30.8. The zero-order chi connectivity index (χ0) is 28.9. The van der Waals surface area contributed by atoms with Gasteiger partial charge in [0.15, 0.2) is 5.75 Å². The number of hydrogen-bond donors (Lipinski definition) is 2. The fourth-order valence-corrected chi connectivity index (χ4v) is 6.39. The fraction of sp³-hybridized carbons (Fsp3) is 0.333. The van der Waals surface area contributed by atoms with E-state index < -0.39 is 23.7 Å². The maximum absolute atomic E-state index is 13.1. The average molecular weight is 655 g/mol. The molecule has 8 nitrogen and oxygen atoms in total. The number of hydrogen-bond acceptors (Lipinski definition) is 7. The maximum Gasteiger partial charge on any atom is 0.319 e. The van der Waals surface area contributed by atoms with Gasteiger partial charge in [0.1, 0.15) is 5.92 Å². The Labute approximate surface area is 249 Å². The molecule has 0 aliphatic carbocycles. The number of ether oxygens (including phenoxy) is 2. The Morgan fingerprint density at radius 2 is 1.87 bits per heavy atom. The zero-order valence-electron chi connectivity index (χ0n) is 21.6. The van der Waals surface area contributed by atoms with Gasteiger partial charge in [-0.2, -0.15) is 5.26 Å². The van der Waals surface area contributed by atoms with Gasteiger partial charge in [-0.3, -0.25) is 14.4 Å². The van der Waals surface area contributed by atoms with E-state index in [1.165, 1.54) is 12.1 Å². The van der Waals surface area contributed by atoms with Crippen LogP contribution in [0.2, 0.25) is 10.0 Å². The van der Waals surface area contributed by atoms with Crippen molar-refractivity contribution in [2.75, 3.05) is 24.8 Å². The molecule has 2 aromatic carbocycles. The number of aryl methyl sites for hydroxylation is 2. The summed E-state index contributed by atoms with van der Waals surface area (Å²) in [5, 5.41) is 16.2. The van der Waals surface area contributed by atoms with E-state index in [4.69, 9.17) is 32.7 Å². The minimum absolute atomic E-state index is 0.0770. The van der Waals surface area contributed by atoms with Gasteiger partial charge in [-0.25, -0.2) is 0 Å². The number of allylic oxidation sites excluding steroid dienone is 1. The minimum atomic E-state index is -1.37. The summed E-state index contributed by atoms with van der Waals surface area (Å²) in [6.07, 6.45) is 0.715. The highest BCUT2D eigenvalue weighted by Crippen LogP contribution is 2.44. The van der Waals surface area contributed by atoms with Crippen molar-refractivity contribution in [1.29, 1.82) is 5.26 Å². The van der Waals surface area contributed by atoms with Gasteiger partial charge in [0, 0.05) is 16.1 Å². The topological polar surface area (TPSA) is 118 Å². The zero-order valence-corrected chi connectivity index (χ0v) is 25.5. The lowest BCUT2D eigenvalue weighted by atomic mass is 9.78. The number of nitrogens with zero attached hydrogens (tertiary/aromatic N) is 1. The largest absolute Gasteiger partial charge is 0.491 e. The minimum Gasteiger partial charge on any atom is -0.491 e. The number of nitrogens with one attached hydrogen (secondary N) is 2. The Hall–Kier alpha value is -2.71. The van der Waals surface area contributed by atoms with Gasteiger partial charge in [-0.1, -0.05) is 57.8 Å². The smallest absolute Gasteiger partial charge is 0.319 e.